The molecule has 4 aromatic carbocycles. The zero-order valence-corrected chi connectivity index (χ0v) is 25.2. The summed E-state index contributed by atoms with van der Waals surface area (Å²) in [7, 11) is 0. The van der Waals surface area contributed by atoms with Crippen LogP contribution in [0.4, 0.5) is 0 Å². The van der Waals surface area contributed by atoms with Crippen LogP contribution in [-0.4, -0.2) is 45.8 Å². The van der Waals surface area contributed by atoms with Crippen molar-refractivity contribution in [3.8, 4) is 11.4 Å². The first-order valence-electron chi connectivity index (χ1n) is 10.7. The van der Waals surface area contributed by atoms with Gasteiger partial charge in [0.2, 0.25) is 0 Å². The Morgan fingerprint density at radius 1 is 0.722 bits per heavy atom. The van der Waals surface area contributed by atoms with Crippen molar-refractivity contribution in [2.75, 3.05) is 0 Å². The maximum atomic E-state index is 3.90. The van der Waals surface area contributed by atoms with E-state index in [2.05, 4.69) is 94.4 Å². The molecule has 6 rings (SSSR count). The van der Waals surface area contributed by atoms with Crippen molar-refractivity contribution in [2.45, 2.75) is 26.9 Å². The van der Waals surface area contributed by atoms with Crippen LogP contribution in [0, 0.1) is 13.8 Å². The number of hydrogen-bond donors (Lipinski definition) is 0. The van der Waals surface area contributed by atoms with Gasteiger partial charge in [-0.05, 0) is 20.9 Å². The molecule has 0 amide bonds. The van der Waals surface area contributed by atoms with Gasteiger partial charge in [0, 0.05) is 11.4 Å². The zero-order chi connectivity index (χ0) is 24.1. The fourth-order valence-electron chi connectivity index (χ4n) is 3.68. The Hall–Kier alpha value is -2.52. The first kappa shape index (κ1) is 29.7. The van der Waals surface area contributed by atoms with Crippen molar-refractivity contribution in [1.29, 1.82) is 0 Å². The molecule has 0 bridgehead atoms. The van der Waals surface area contributed by atoms with Gasteiger partial charge in [0.05, 0.1) is 0 Å². The van der Waals surface area contributed by atoms with Crippen molar-refractivity contribution in [2.24, 2.45) is 0 Å². The molecule has 6 aromatic rings. The quantitative estimate of drug-likeness (QED) is 0.174. The molecule has 0 fully saturated rings. The van der Waals surface area contributed by atoms with E-state index in [4.69, 9.17) is 0 Å². The molecule has 0 aliphatic rings. The number of halogens is 2. The number of nitrogens with zero attached hydrogens (tertiary/aromatic N) is 8. The molecule has 0 saturated heterocycles. The van der Waals surface area contributed by atoms with E-state index in [0.717, 1.165) is 11.4 Å². The van der Waals surface area contributed by atoms with E-state index >= 15 is 0 Å². The smallest absolute Gasteiger partial charge is 0.142 e. The van der Waals surface area contributed by atoms with Crippen LogP contribution in [0.25, 0.3) is 32.9 Å². The Morgan fingerprint density at radius 3 is 1.44 bits per heavy atom. The Morgan fingerprint density at radius 2 is 1.11 bits per heavy atom. The van der Waals surface area contributed by atoms with Crippen LogP contribution >= 0.6 is 0 Å². The van der Waals surface area contributed by atoms with E-state index in [9.17, 15) is 0 Å². The second-order valence-corrected chi connectivity index (χ2v) is 17.5. The number of hydrogen-bond acceptors (Lipinski definition) is 6. The summed E-state index contributed by atoms with van der Waals surface area (Å²) in [6, 6.07) is 20.8. The van der Waals surface area contributed by atoms with Crippen LogP contribution in [0.3, 0.4) is 0 Å². The molecule has 0 unspecified atom stereocenters. The van der Waals surface area contributed by atoms with Gasteiger partial charge in [0.15, 0.2) is 0 Å². The van der Waals surface area contributed by atoms with Crippen LogP contribution < -0.4 is 24.8 Å². The van der Waals surface area contributed by atoms with Gasteiger partial charge >= 0.3 is 41.9 Å². The van der Waals surface area contributed by atoms with E-state index in [0.29, 0.717) is 0 Å². The summed E-state index contributed by atoms with van der Waals surface area (Å²) < 4.78 is 3.36. The fraction of sp³-hybridized carbons (Fsp3) is 0.167. The van der Waals surface area contributed by atoms with Crippen molar-refractivity contribution in [3.63, 3.8) is 0 Å². The molecule has 0 atom stereocenters. The third-order valence-corrected chi connectivity index (χ3v) is 4.94. The fourth-order valence-corrected chi connectivity index (χ4v) is 3.68. The van der Waals surface area contributed by atoms with Gasteiger partial charge in [-0.2, -0.15) is 12.1 Å². The van der Waals surface area contributed by atoms with Crippen molar-refractivity contribution in [1.82, 2.24) is 40.4 Å². The van der Waals surface area contributed by atoms with Crippen LogP contribution in [0.15, 0.2) is 73.3 Å². The van der Waals surface area contributed by atoms with Crippen LogP contribution in [0.5, 0.6) is 0 Å². The monoisotopic (exact) mass is 612 g/mol. The molecular weight excluding hydrogens is 591 g/mol. The zero-order valence-electron chi connectivity index (χ0n) is 20.3. The minimum atomic E-state index is 0. The standard InChI is InChI=1S/2C11H9N4.C2H6Si.2ClH.Zr/c2*1-8-5-9-3-2-4-11(10(9)6-8)15-7-12-13-14-15;1-3-2;;;/h2*2-7H,1H3;1-2H3;2*1H;/q2*-1;;;;+2/p-2. The molecular formula is C24H24Cl2N8SiZr-2. The molecule has 8 nitrogen and oxygen atoms in total. The van der Waals surface area contributed by atoms with E-state index < -0.39 is 0 Å². The summed E-state index contributed by atoms with van der Waals surface area (Å²) in [6.45, 7) is 8.79. The number of benzene rings is 2. The average molecular weight is 615 g/mol. The molecule has 2 heterocycles. The number of rotatable bonds is 2. The predicted octanol–water partition coefficient (Wildman–Crippen LogP) is -1.52. The molecule has 184 valence electrons. The Bertz CT molecular complexity index is 1410. The summed E-state index contributed by atoms with van der Waals surface area (Å²) in [6.07, 6.45) is 3.22. The van der Waals surface area contributed by atoms with Crippen molar-refractivity contribution in [3.05, 3.63) is 84.4 Å². The normalized spacial score (nSPS) is 9.94. The third kappa shape index (κ3) is 7.26. The van der Waals surface area contributed by atoms with Gasteiger partial charge in [-0.15, -0.1) is 79.3 Å². The second-order valence-electron chi connectivity index (χ2n) is 8.13. The molecule has 0 saturated carbocycles. The summed E-state index contributed by atoms with van der Waals surface area (Å²) in [5, 5.41) is 27.2. The minimum absolute atomic E-state index is 0. The van der Waals surface area contributed by atoms with Crippen molar-refractivity contribution >= 4 is 27.0 Å². The molecule has 0 spiro atoms. The van der Waals surface area contributed by atoms with Crippen LogP contribution in [-0.2, 0) is 23.3 Å². The minimum Gasteiger partial charge on any atom is -1.00 e. The average Bonchev–Trinajstić information content (AvgIpc) is 3.58. The number of aromatic nitrogens is 8. The molecule has 12 heteroatoms. The van der Waals surface area contributed by atoms with Crippen LogP contribution in [0.1, 0.15) is 11.1 Å². The Labute approximate surface area is 237 Å². The first-order chi connectivity index (χ1) is 16.4. The molecule has 2 aromatic heterocycles. The molecule has 36 heavy (non-hydrogen) atoms. The van der Waals surface area contributed by atoms with Gasteiger partial charge in [-0.25, -0.2) is 9.36 Å². The second kappa shape index (κ2) is 13.7. The van der Waals surface area contributed by atoms with E-state index in [1.165, 1.54) is 32.7 Å². The van der Waals surface area contributed by atoms with E-state index in [1.54, 1.807) is 45.4 Å². The summed E-state index contributed by atoms with van der Waals surface area (Å²) in [5.41, 5.74) is 4.76. The maximum absolute atomic E-state index is 3.90. The Kier molecular flexibility index (Phi) is 11.3. The molecule has 0 radical (unpaired) electrons. The first-order valence-corrected chi connectivity index (χ1v) is 16.9. The SMILES string of the molecule is C[Si](C)=[Zr+2].Cc1cc2c(-n3cnnn3)cccc2[cH-]1.Cc1cc2c(-n3cnnn3)cccc2[cH-]1.[Cl-].[Cl-]. The van der Waals surface area contributed by atoms with Gasteiger partial charge in [-0.3, -0.25) is 0 Å². The predicted molar refractivity (Wildman–Crippen MR) is 131 cm³/mol. The number of aryl methyl sites for hydroxylation is 2. The summed E-state index contributed by atoms with van der Waals surface area (Å²) in [5.74, 6) is 0. The number of fused-ring (bicyclic) bond motifs is 2. The van der Waals surface area contributed by atoms with Gasteiger partial charge in [0.1, 0.15) is 12.7 Å². The number of tetrazole rings is 2. The maximum Gasteiger partial charge on any atom is 0.142 e. The summed E-state index contributed by atoms with van der Waals surface area (Å²) >= 11 is 1.74. The van der Waals surface area contributed by atoms with E-state index in [1.807, 2.05) is 24.3 Å². The van der Waals surface area contributed by atoms with Crippen LogP contribution in [0.2, 0.25) is 13.1 Å². The van der Waals surface area contributed by atoms with Gasteiger partial charge in [-0.1, -0.05) is 26.0 Å². The van der Waals surface area contributed by atoms with Gasteiger partial charge in [0.25, 0.3) is 0 Å². The molecule has 0 aliphatic heterocycles. The van der Waals surface area contributed by atoms with E-state index in [-0.39, 0.29) is 30.2 Å². The molecule has 0 N–H and O–H groups in total. The molecule has 0 aliphatic carbocycles. The largest absolute Gasteiger partial charge is 1.00 e. The summed E-state index contributed by atoms with van der Waals surface area (Å²) in [4.78, 5) is 0. The Balaban J connectivity index is 0.000000211. The third-order valence-electron chi connectivity index (χ3n) is 4.94. The van der Waals surface area contributed by atoms with Gasteiger partial charge < -0.3 is 24.8 Å². The van der Waals surface area contributed by atoms with Crippen molar-refractivity contribution < 1.29 is 48.1 Å². The topological polar surface area (TPSA) is 87.2 Å².